The van der Waals surface area contributed by atoms with E-state index in [2.05, 4.69) is 9.88 Å². The number of nitrogens with zero attached hydrogens (tertiary/aromatic N) is 5. The summed E-state index contributed by atoms with van der Waals surface area (Å²) in [5.74, 6) is 2.94. The SMILES string of the molecule is c1cc(-c2ccc3c(c2)OCCO3)n2nc(Cc3ccc(OCCN4CCCC4)nc3)nc2c1. The molecule has 0 amide bonds. The summed E-state index contributed by atoms with van der Waals surface area (Å²) >= 11 is 0. The molecule has 5 heterocycles. The molecule has 0 bridgehead atoms. The monoisotopic (exact) mass is 457 g/mol. The van der Waals surface area contributed by atoms with Gasteiger partial charge in [0.05, 0.1) is 5.69 Å². The van der Waals surface area contributed by atoms with E-state index in [1.54, 1.807) is 0 Å². The van der Waals surface area contributed by atoms with Crippen molar-refractivity contribution in [1.82, 2.24) is 24.5 Å². The van der Waals surface area contributed by atoms with Crippen LogP contribution in [0.5, 0.6) is 17.4 Å². The average Bonchev–Trinajstić information content (AvgIpc) is 3.54. The van der Waals surface area contributed by atoms with Crippen molar-refractivity contribution in [2.75, 3.05) is 39.5 Å². The topological polar surface area (TPSA) is 74.0 Å². The minimum atomic E-state index is 0.560. The molecule has 0 saturated carbocycles. The van der Waals surface area contributed by atoms with Crippen LogP contribution in [0.4, 0.5) is 0 Å². The first-order valence-electron chi connectivity index (χ1n) is 11.9. The van der Waals surface area contributed by atoms with Crippen LogP contribution in [0.1, 0.15) is 24.2 Å². The molecule has 174 valence electrons. The molecular weight excluding hydrogens is 430 g/mol. The van der Waals surface area contributed by atoms with Crippen molar-refractivity contribution >= 4 is 5.65 Å². The second kappa shape index (κ2) is 9.30. The number of rotatable bonds is 7. The molecule has 2 aliphatic rings. The van der Waals surface area contributed by atoms with Gasteiger partial charge in [0.25, 0.3) is 0 Å². The summed E-state index contributed by atoms with van der Waals surface area (Å²) < 4.78 is 19.1. The molecule has 1 saturated heterocycles. The van der Waals surface area contributed by atoms with Crippen molar-refractivity contribution in [2.45, 2.75) is 19.3 Å². The summed E-state index contributed by atoms with van der Waals surface area (Å²) in [5.41, 5.74) is 3.80. The van der Waals surface area contributed by atoms with Crippen LogP contribution in [0.15, 0.2) is 54.7 Å². The van der Waals surface area contributed by atoms with Crippen molar-refractivity contribution in [3.8, 4) is 28.6 Å². The zero-order chi connectivity index (χ0) is 22.7. The Morgan fingerprint density at radius 1 is 0.941 bits per heavy atom. The third kappa shape index (κ3) is 4.41. The highest BCUT2D eigenvalue weighted by atomic mass is 16.6. The smallest absolute Gasteiger partial charge is 0.213 e. The minimum Gasteiger partial charge on any atom is -0.486 e. The molecule has 4 aromatic rings. The molecule has 8 heteroatoms. The number of likely N-dealkylation sites (tertiary alicyclic amines) is 1. The Labute approximate surface area is 198 Å². The fourth-order valence-electron chi connectivity index (χ4n) is 4.51. The van der Waals surface area contributed by atoms with Gasteiger partial charge in [-0.25, -0.2) is 14.5 Å². The third-order valence-electron chi connectivity index (χ3n) is 6.26. The van der Waals surface area contributed by atoms with E-state index in [-0.39, 0.29) is 0 Å². The summed E-state index contributed by atoms with van der Waals surface area (Å²) in [7, 11) is 0. The van der Waals surface area contributed by atoms with Crippen LogP contribution in [0.3, 0.4) is 0 Å². The van der Waals surface area contributed by atoms with Gasteiger partial charge in [-0.2, -0.15) is 5.10 Å². The summed E-state index contributed by atoms with van der Waals surface area (Å²) in [6, 6.07) is 15.9. The van der Waals surface area contributed by atoms with E-state index in [0.29, 0.717) is 32.1 Å². The Hall–Kier alpha value is -3.65. The van der Waals surface area contributed by atoms with Gasteiger partial charge in [-0.15, -0.1) is 0 Å². The molecular formula is C26H27N5O3. The lowest BCUT2D eigenvalue weighted by Crippen LogP contribution is -2.25. The van der Waals surface area contributed by atoms with Crippen LogP contribution in [0, 0.1) is 0 Å². The van der Waals surface area contributed by atoms with Gasteiger partial charge >= 0.3 is 0 Å². The molecule has 8 nitrogen and oxygen atoms in total. The van der Waals surface area contributed by atoms with Gasteiger partial charge in [-0.05, 0) is 61.8 Å². The first-order chi connectivity index (χ1) is 16.8. The molecule has 1 aromatic carbocycles. The van der Waals surface area contributed by atoms with Crippen molar-refractivity contribution in [2.24, 2.45) is 0 Å². The fourth-order valence-corrected chi connectivity index (χ4v) is 4.51. The molecule has 3 aromatic heterocycles. The van der Waals surface area contributed by atoms with Crippen molar-refractivity contribution in [1.29, 1.82) is 0 Å². The Morgan fingerprint density at radius 3 is 2.68 bits per heavy atom. The first kappa shape index (κ1) is 20.9. The zero-order valence-electron chi connectivity index (χ0n) is 19.0. The van der Waals surface area contributed by atoms with Crippen molar-refractivity contribution in [3.63, 3.8) is 0 Å². The molecule has 0 N–H and O–H groups in total. The van der Waals surface area contributed by atoms with E-state index in [9.17, 15) is 0 Å². The predicted octanol–water partition coefficient (Wildman–Crippen LogP) is 3.63. The maximum atomic E-state index is 5.82. The molecule has 6 rings (SSSR count). The number of benzene rings is 1. The summed E-state index contributed by atoms with van der Waals surface area (Å²) in [6.45, 7) is 5.12. The van der Waals surface area contributed by atoms with Gasteiger partial charge in [0.1, 0.15) is 19.8 Å². The highest BCUT2D eigenvalue weighted by molar-refractivity contribution is 5.66. The number of hydrogen-bond acceptors (Lipinski definition) is 7. The van der Waals surface area contributed by atoms with Crippen LogP contribution in [-0.4, -0.2) is 63.9 Å². The molecule has 1 fully saturated rings. The highest BCUT2D eigenvalue weighted by Crippen LogP contribution is 2.34. The normalized spacial score (nSPS) is 15.6. The van der Waals surface area contributed by atoms with Crippen LogP contribution in [0.25, 0.3) is 16.9 Å². The van der Waals surface area contributed by atoms with Crippen molar-refractivity contribution < 1.29 is 14.2 Å². The predicted molar refractivity (Wildman–Crippen MR) is 128 cm³/mol. The lowest BCUT2D eigenvalue weighted by molar-refractivity contribution is 0.171. The summed E-state index contributed by atoms with van der Waals surface area (Å²) in [6.07, 6.45) is 5.03. The Bertz CT molecular complexity index is 1280. The zero-order valence-corrected chi connectivity index (χ0v) is 19.0. The van der Waals surface area contributed by atoms with E-state index in [4.69, 9.17) is 24.3 Å². The molecule has 0 atom stereocenters. The molecule has 0 radical (unpaired) electrons. The summed E-state index contributed by atoms with van der Waals surface area (Å²) in [4.78, 5) is 11.6. The van der Waals surface area contributed by atoms with Gasteiger partial charge in [0.2, 0.25) is 5.88 Å². The summed E-state index contributed by atoms with van der Waals surface area (Å²) in [5, 5.41) is 4.78. The Balaban J connectivity index is 1.16. The largest absolute Gasteiger partial charge is 0.486 e. The van der Waals surface area contributed by atoms with Gasteiger partial charge in [0, 0.05) is 30.8 Å². The number of ether oxygens (including phenoxy) is 3. The van der Waals surface area contributed by atoms with E-state index < -0.39 is 0 Å². The van der Waals surface area contributed by atoms with E-state index in [1.165, 1.54) is 25.9 Å². The second-order valence-electron chi connectivity index (χ2n) is 8.65. The lowest BCUT2D eigenvalue weighted by atomic mass is 10.1. The van der Waals surface area contributed by atoms with Gasteiger partial charge in [-0.1, -0.05) is 12.1 Å². The number of aromatic nitrogens is 4. The van der Waals surface area contributed by atoms with Crippen LogP contribution >= 0.6 is 0 Å². The van der Waals surface area contributed by atoms with Gasteiger partial charge < -0.3 is 14.2 Å². The minimum absolute atomic E-state index is 0.560. The maximum absolute atomic E-state index is 5.82. The number of pyridine rings is 2. The number of fused-ring (bicyclic) bond motifs is 2. The maximum Gasteiger partial charge on any atom is 0.213 e. The number of hydrogen-bond donors (Lipinski definition) is 0. The van der Waals surface area contributed by atoms with E-state index >= 15 is 0 Å². The standard InChI is InChI=1S/C26H27N5O3/c1-2-11-30(10-1)12-13-34-26-9-6-19(18-27-26)16-24-28-25-5-3-4-21(31(25)29-24)20-7-8-22-23(17-20)33-15-14-32-22/h3-9,17-18H,1-2,10-16H2. The first-order valence-corrected chi connectivity index (χ1v) is 11.9. The lowest BCUT2D eigenvalue weighted by Gasteiger charge is -2.19. The van der Waals surface area contributed by atoms with E-state index in [0.717, 1.165) is 46.3 Å². The third-order valence-corrected chi connectivity index (χ3v) is 6.26. The molecule has 0 spiro atoms. The fraction of sp³-hybridized carbons (Fsp3) is 0.346. The highest BCUT2D eigenvalue weighted by Gasteiger charge is 2.15. The quantitative estimate of drug-likeness (QED) is 0.420. The van der Waals surface area contributed by atoms with Crippen molar-refractivity contribution in [3.05, 3.63) is 66.1 Å². The second-order valence-corrected chi connectivity index (χ2v) is 8.65. The molecule has 0 aliphatic carbocycles. The van der Waals surface area contributed by atoms with Crippen LogP contribution in [0.2, 0.25) is 0 Å². The molecule has 34 heavy (non-hydrogen) atoms. The van der Waals surface area contributed by atoms with Gasteiger partial charge in [0.15, 0.2) is 23.0 Å². The van der Waals surface area contributed by atoms with Crippen LogP contribution in [-0.2, 0) is 6.42 Å². The molecule has 0 unspecified atom stereocenters. The molecule has 2 aliphatic heterocycles. The van der Waals surface area contributed by atoms with Gasteiger partial charge in [-0.3, -0.25) is 4.90 Å². The van der Waals surface area contributed by atoms with E-state index in [1.807, 2.05) is 59.2 Å². The Morgan fingerprint density at radius 2 is 1.82 bits per heavy atom. The average molecular weight is 458 g/mol. The Kier molecular flexibility index (Phi) is 5.73. The van der Waals surface area contributed by atoms with Crippen LogP contribution < -0.4 is 14.2 Å².